The van der Waals surface area contributed by atoms with Crippen LogP contribution >= 0.6 is 19.8 Å². The van der Waals surface area contributed by atoms with Crippen LogP contribution in [-0.4, -0.2) is 71.7 Å². The Morgan fingerprint density at radius 1 is 1.15 bits per heavy atom. The Kier molecular flexibility index (Phi) is 27.0. The lowest BCUT2D eigenvalue weighted by molar-refractivity contribution is -0.126. The number of hydrogen-bond acceptors (Lipinski definition) is 7. The number of hydrogen-bond donors (Lipinski definition) is 3. The molecule has 2 aliphatic heterocycles. The second-order valence-electron chi connectivity index (χ2n) is 7.20. The van der Waals surface area contributed by atoms with Crippen molar-refractivity contribution in [2.45, 2.75) is 73.9 Å². The average molecular weight is 500 g/mol. The van der Waals surface area contributed by atoms with Crippen LogP contribution in [0.1, 0.15) is 65.0 Å². The molecule has 2 saturated heterocycles. The van der Waals surface area contributed by atoms with Crippen molar-refractivity contribution in [1.29, 1.82) is 5.26 Å². The predicted octanol–water partition coefficient (Wildman–Crippen LogP) is 2.23. The molecule has 9 nitrogen and oxygen atoms in total. The number of nitrogens with one attached hydrogen (secondary N) is 2. The van der Waals surface area contributed by atoms with E-state index in [0.717, 1.165) is 44.1 Å². The number of amides is 1. The molecule has 1 aromatic heterocycles. The van der Waals surface area contributed by atoms with E-state index in [1.807, 2.05) is 21.2 Å². The molecule has 33 heavy (non-hydrogen) atoms. The Morgan fingerprint density at radius 2 is 1.67 bits per heavy atom. The third-order valence-electron chi connectivity index (χ3n) is 5.13. The fourth-order valence-corrected chi connectivity index (χ4v) is 3.57. The van der Waals surface area contributed by atoms with Crippen LogP contribution in [0.5, 0.6) is 0 Å². The highest BCUT2D eigenvalue weighted by Crippen LogP contribution is 2.23. The second-order valence-corrected chi connectivity index (χ2v) is 7.20. The standard InChI is InChI=1S/C9H16BN4.C7H15BN3O.C2H3N.2CH4.2H3P/c1-7-11-9(13-12-7)8-4-3-5-14(6-8)10-2;1-8-11-4-2-3-6(5-11)7(12)10-9;1-2-3;;;;/h8H,3-6H2,1-2H3,(H,11,12,13);6H,2-5,9H2,1H3,(H,10,12);1H3;2*1H4;2*1H3. The molecule has 0 aromatic carbocycles. The molecule has 0 aliphatic carbocycles. The molecular formula is C20H48B2N8OP2. The highest BCUT2D eigenvalue weighted by Gasteiger charge is 2.24. The summed E-state index contributed by atoms with van der Waals surface area (Å²) in [5, 5.41) is 14.5. The van der Waals surface area contributed by atoms with Crippen molar-refractivity contribution < 1.29 is 4.79 Å². The molecule has 0 bridgehead atoms. The number of nitriles is 1. The van der Waals surface area contributed by atoms with Crippen molar-refractivity contribution in [3.63, 3.8) is 0 Å². The van der Waals surface area contributed by atoms with Crippen LogP contribution in [0.15, 0.2) is 0 Å². The minimum atomic E-state index is -0.0402. The van der Waals surface area contributed by atoms with Gasteiger partial charge in [-0.3, -0.25) is 15.3 Å². The van der Waals surface area contributed by atoms with Gasteiger partial charge in [0.05, 0.1) is 12.0 Å². The van der Waals surface area contributed by atoms with E-state index < -0.39 is 0 Å². The molecule has 190 valence electrons. The van der Waals surface area contributed by atoms with E-state index in [1.54, 1.807) is 6.07 Å². The maximum atomic E-state index is 11.2. The number of nitrogens with zero attached hydrogens (tertiary/aromatic N) is 5. The number of carbonyl (C=O) groups is 1. The minimum absolute atomic E-state index is 0. The predicted molar refractivity (Wildman–Crippen MR) is 151 cm³/mol. The first kappa shape index (κ1) is 39.2. The number of carbonyl (C=O) groups excluding carboxylic acids is 1. The maximum Gasteiger partial charge on any atom is 0.238 e. The molecule has 4 atom stereocenters. The monoisotopic (exact) mass is 500 g/mol. The number of aromatic nitrogens is 3. The summed E-state index contributed by atoms with van der Waals surface area (Å²) in [5.41, 5.74) is 2.20. The summed E-state index contributed by atoms with van der Waals surface area (Å²) >= 11 is 0. The smallest absolute Gasteiger partial charge is 0.238 e. The lowest BCUT2D eigenvalue weighted by atomic mass is 9.87. The average Bonchev–Trinajstić information content (AvgIpc) is 3.20. The molecule has 0 spiro atoms. The number of piperidine rings is 2. The Balaban J connectivity index is -0.000000207. The molecule has 2 aliphatic rings. The van der Waals surface area contributed by atoms with Crippen molar-refractivity contribution in [3.8, 4) is 6.07 Å². The van der Waals surface area contributed by atoms with E-state index in [9.17, 15) is 4.79 Å². The minimum Gasteiger partial charge on any atom is -0.346 e. The fraction of sp³-hybridized carbons (Fsp3) is 0.800. The Labute approximate surface area is 210 Å². The van der Waals surface area contributed by atoms with Gasteiger partial charge < -0.3 is 9.62 Å². The Bertz CT molecular complexity index is 648. The molecule has 2 fully saturated rings. The zero-order chi connectivity index (χ0) is 21.6. The van der Waals surface area contributed by atoms with Gasteiger partial charge in [0.25, 0.3) is 0 Å². The van der Waals surface area contributed by atoms with Gasteiger partial charge in [0, 0.05) is 12.8 Å². The van der Waals surface area contributed by atoms with Gasteiger partial charge in [-0.1, -0.05) is 28.5 Å². The first-order chi connectivity index (χ1) is 14.0. The van der Waals surface area contributed by atoms with Crippen LogP contribution in [0.4, 0.5) is 0 Å². The Hall–Kier alpha value is -1.03. The Morgan fingerprint density at radius 3 is 2.12 bits per heavy atom. The zero-order valence-corrected chi connectivity index (χ0v) is 22.4. The van der Waals surface area contributed by atoms with Gasteiger partial charge in [-0.2, -0.15) is 30.2 Å². The normalized spacial score (nSPS) is 19.4. The molecule has 1 aromatic rings. The molecule has 0 saturated carbocycles. The van der Waals surface area contributed by atoms with Gasteiger partial charge in [-0.05, 0) is 58.8 Å². The van der Waals surface area contributed by atoms with Gasteiger partial charge in [-0.15, -0.1) is 0 Å². The number of H-pyrrole nitrogens is 1. The summed E-state index contributed by atoms with van der Waals surface area (Å²) in [5.74, 6) is 7.49. The number of hydrazine groups is 1. The van der Waals surface area contributed by atoms with Crippen LogP contribution in [0.25, 0.3) is 0 Å². The molecule has 2 radical (unpaired) electrons. The van der Waals surface area contributed by atoms with E-state index in [4.69, 9.17) is 11.1 Å². The van der Waals surface area contributed by atoms with Crippen molar-refractivity contribution >= 4 is 40.5 Å². The second kappa shape index (κ2) is 22.7. The summed E-state index contributed by atoms with van der Waals surface area (Å²) in [6, 6.07) is 1.75. The third kappa shape index (κ3) is 14.8. The summed E-state index contributed by atoms with van der Waals surface area (Å²) in [7, 11) is 4.18. The summed E-state index contributed by atoms with van der Waals surface area (Å²) < 4.78 is 0. The van der Waals surface area contributed by atoms with Crippen LogP contribution in [0, 0.1) is 24.2 Å². The molecular weight excluding hydrogens is 452 g/mol. The van der Waals surface area contributed by atoms with Crippen molar-refractivity contribution in [1.82, 2.24) is 30.2 Å². The molecule has 1 amide bonds. The topological polar surface area (TPSA) is 127 Å². The SMILES string of the molecule is C.C.CC#N.C[B]N1CCCC(C(=O)NN)C1.C[B]N1CCCC(c2n[nH]c(C)n2)C1.P.P. The van der Waals surface area contributed by atoms with Gasteiger partial charge >= 0.3 is 0 Å². The molecule has 4 N–H and O–H groups in total. The van der Waals surface area contributed by atoms with E-state index in [1.165, 1.54) is 26.3 Å². The van der Waals surface area contributed by atoms with Gasteiger partial charge in [0.1, 0.15) is 5.82 Å². The third-order valence-corrected chi connectivity index (χ3v) is 5.13. The van der Waals surface area contributed by atoms with Crippen LogP contribution in [0.3, 0.4) is 0 Å². The number of nitrogens with two attached hydrogens (primary N) is 1. The van der Waals surface area contributed by atoms with Gasteiger partial charge in [0.15, 0.2) is 5.82 Å². The lowest BCUT2D eigenvalue weighted by Crippen LogP contribution is -2.45. The highest BCUT2D eigenvalue weighted by molar-refractivity contribution is 6.92. The van der Waals surface area contributed by atoms with E-state index in [-0.39, 0.29) is 46.5 Å². The van der Waals surface area contributed by atoms with E-state index in [2.05, 4.69) is 44.5 Å². The van der Waals surface area contributed by atoms with Crippen LogP contribution in [-0.2, 0) is 4.79 Å². The summed E-state index contributed by atoms with van der Waals surface area (Å²) in [6.45, 7) is 11.6. The fourth-order valence-electron chi connectivity index (χ4n) is 3.57. The molecule has 3 heterocycles. The number of aromatic amines is 1. The first-order valence-electron chi connectivity index (χ1n) is 10.3. The first-order valence-corrected chi connectivity index (χ1v) is 10.3. The molecule has 13 heteroatoms. The van der Waals surface area contributed by atoms with Crippen LogP contribution < -0.4 is 11.3 Å². The van der Waals surface area contributed by atoms with Crippen molar-refractivity contribution in [2.75, 3.05) is 26.2 Å². The van der Waals surface area contributed by atoms with Gasteiger partial charge in [-0.25, -0.2) is 10.8 Å². The number of rotatable bonds is 4. The largest absolute Gasteiger partial charge is 0.346 e. The summed E-state index contributed by atoms with van der Waals surface area (Å²) in [4.78, 5) is 20.1. The van der Waals surface area contributed by atoms with E-state index in [0.29, 0.717) is 5.92 Å². The van der Waals surface area contributed by atoms with Gasteiger partial charge in [0.2, 0.25) is 20.7 Å². The number of aryl methyl sites for hydroxylation is 1. The maximum absolute atomic E-state index is 11.2. The molecule has 4 unspecified atom stereocenters. The summed E-state index contributed by atoms with van der Waals surface area (Å²) in [6.07, 6.45) is 4.47. The lowest BCUT2D eigenvalue weighted by Gasteiger charge is -2.30. The van der Waals surface area contributed by atoms with Crippen molar-refractivity contribution in [3.05, 3.63) is 11.6 Å². The molecule has 3 rings (SSSR count). The quantitative estimate of drug-likeness (QED) is 0.190. The van der Waals surface area contributed by atoms with E-state index >= 15 is 0 Å². The van der Waals surface area contributed by atoms with Crippen molar-refractivity contribution in [2.24, 2.45) is 11.8 Å². The highest BCUT2D eigenvalue weighted by atomic mass is 31.0. The van der Waals surface area contributed by atoms with Crippen LogP contribution in [0.2, 0.25) is 13.6 Å². The zero-order valence-electron chi connectivity index (χ0n) is 19.6.